The van der Waals surface area contributed by atoms with E-state index < -0.39 is 0 Å². The van der Waals surface area contributed by atoms with Gasteiger partial charge >= 0.3 is 0 Å². The second-order valence-electron chi connectivity index (χ2n) is 4.41. The van der Waals surface area contributed by atoms with E-state index in [4.69, 9.17) is 9.26 Å². The van der Waals surface area contributed by atoms with E-state index in [-0.39, 0.29) is 0 Å². The molecule has 0 bridgehead atoms. The van der Waals surface area contributed by atoms with Crippen LogP contribution in [-0.2, 0) is 6.42 Å². The van der Waals surface area contributed by atoms with E-state index >= 15 is 0 Å². The van der Waals surface area contributed by atoms with E-state index in [1.165, 1.54) is 5.56 Å². The van der Waals surface area contributed by atoms with Gasteiger partial charge in [0, 0.05) is 6.04 Å². The van der Waals surface area contributed by atoms with Gasteiger partial charge in [-0.15, -0.1) is 0 Å². The summed E-state index contributed by atoms with van der Waals surface area (Å²) >= 11 is 0. The molecule has 0 aliphatic rings. The molecular weight excluding hydrogens is 228 g/mol. The molecule has 2 aromatic rings. The summed E-state index contributed by atoms with van der Waals surface area (Å²) in [7, 11) is 1.67. The summed E-state index contributed by atoms with van der Waals surface area (Å²) in [5.74, 6) is 0.884. The Kier molecular flexibility index (Phi) is 3.87. The van der Waals surface area contributed by atoms with Gasteiger partial charge in [-0.25, -0.2) is 0 Å². The Morgan fingerprint density at radius 1 is 1.33 bits per heavy atom. The number of hydrogen-bond acceptors (Lipinski definition) is 4. The zero-order valence-corrected chi connectivity index (χ0v) is 10.9. The smallest absolute Gasteiger partial charge is 0.147 e. The Morgan fingerprint density at radius 2 is 2.06 bits per heavy atom. The maximum atomic E-state index is 5.14. The van der Waals surface area contributed by atoms with Crippen molar-refractivity contribution in [1.82, 2.24) is 5.16 Å². The third-order valence-corrected chi connectivity index (χ3v) is 2.85. The third-order valence-electron chi connectivity index (χ3n) is 2.85. The molecule has 96 valence electrons. The molecule has 0 amide bonds. The Morgan fingerprint density at radius 3 is 2.61 bits per heavy atom. The number of aryl methyl sites for hydroxylation is 1. The number of methoxy groups -OCH3 is 1. The molecule has 4 heteroatoms. The fourth-order valence-corrected chi connectivity index (χ4v) is 1.86. The number of anilines is 1. The van der Waals surface area contributed by atoms with Gasteiger partial charge in [0.2, 0.25) is 0 Å². The number of ether oxygens (including phenoxy) is 1. The molecule has 1 unspecified atom stereocenters. The predicted molar refractivity (Wildman–Crippen MR) is 71.0 cm³/mol. The monoisotopic (exact) mass is 246 g/mol. The second kappa shape index (κ2) is 5.58. The van der Waals surface area contributed by atoms with Crippen LogP contribution in [0.5, 0.6) is 5.75 Å². The number of nitrogens with zero attached hydrogens (tertiary/aromatic N) is 1. The largest absolute Gasteiger partial charge is 0.497 e. The highest BCUT2D eigenvalue weighted by atomic mass is 16.5. The Balaban J connectivity index is 1.94. The van der Waals surface area contributed by atoms with Gasteiger partial charge in [-0.1, -0.05) is 17.3 Å². The average Bonchev–Trinajstić information content (AvgIpc) is 2.76. The minimum Gasteiger partial charge on any atom is -0.497 e. The normalized spacial score (nSPS) is 12.2. The molecule has 1 aromatic heterocycles. The van der Waals surface area contributed by atoms with Crippen LogP contribution in [0.1, 0.15) is 18.2 Å². The van der Waals surface area contributed by atoms with Gasteiger partial charge in [-0.2, -0.15) is 0 Å². The maximum absolute atomic E-state index is 5.14. The average molecular weight is 246 g/mol. The van der Waals surface area contributed by atoms with Crippen LogP contribution in [0.4, 0.5) is 5.69 Å². The zero-order valence-electron chi connectivity index (χ0n) is 10.9. The Hall–Kier alpha value is -1.97. The summed E-state index contributed by atoms with van der Waals surface area (Å²) in [5.41, 5.74) is 3.11. The van der Waals surface area contributed by atoms with Gasteiger partial charge < -0.3 is 14.6 Å². The first-order chi connectivity index (χ1) is 8.69. The summed E-state index contributed by atoms with van der Waals surface area (Å²) in [6.07, 6.45) is 2.58. The van der Waals surface area contributed by atoms with Crippen molar-refractivity contribution in [1.29, 1.82) is 0 Å². The highest BCUT2D eigenvalue weighted by Crippen LogP contribution is 2.16. The van der Waals surface area contributed by atoms with Gasteiger partial charge in [-0.05, 0) is 38.0 Å². The van der Waals surface area contributed by atoms with Gasteiger partial charge in [-0.3, -0.25) is 0 Å². The van der Waals surface area contributed by atoms with Crippen LogP contribution < -0.4 is 10.1 Å². The molecule has 18 heavy (non-hydrogen) atoms. The molecular formula is C14H18N2O2. The lowest BCUT2D eigenvalue weighted by Crippen LogP contribution is -2.18. The van der Waals surface area contributed by atoms with E-state index in [2.05, 4.69) is 29.5 Å². The number of hydrogen-bond donors (Lipinski definition) is 1. The highest BCUT2D eigenvalue weighted by molar-refractivity contribution is 5.45. The predicted octanol–water partition coefficient (Wildman–Crippen LogP) is 3.03. The van der Waals surface area contributed by atoms with Gasteiger partial charge in [0.05, 0.1) is 12.8 Å². The van der Waals surface area contributed by atoms with E-state index in [0.29, 0.717) is 6.04 Å². The number of benzene rings is 1. The fraction of sp³-hybridized carbons (Fsp3) is 0.357. The van der Waals surface area contributed by atoms with Gasteiger partial charge in [0.15, 0.2) is 0 Å². The van der Waals surface area contributed by atoms with Crippen LogP contribution in [0.2, 0.25) is 0 Å². The first kappa shape index (κ1) is 12.5. The molecule has 1 aromatic carbocycles. The third kappa shape index (κ3) is 3.03. The van der Waals surface area contributed by atoms with Crippen molar-refractivity contribution in [3.63, 3.8) is 0 Å². The van der Waals surface area contributed by atoms with E-state index in [1.807, 2.05) is 19.1 Å². The van der Waals surface area contributed by atoms with E-state index in [0.717, 1.165) is 23.6 Å². The lowest BCUT2D eigenvalue weighted by Gasteiger charge is -2.14. The minimum absolute atomic E-state index is 0.316. The molecule has 1 heterocycles. The SMILES string of the molecule is COc1ccc(CC(C)Nc2conc2C)cc1. The minimum atomic E-state index is 0.316. The number of aromatic nitrogens is 1. The van der Waals surface area contributed by atoms with Crippen LogP contribution in [0, 0.1) is 6.92 Å². The molecule has 0 aliphatic heterocycles. The van der Waals surface area contributed by atoms with Crippen molar-refractivity contribution >= 4 is 5.69 Å². The summed E-state index contributed by atoms with van der Waals surface area (Å²) in [6.45, 7) is 4.06. The van der Waals surface area contributed by atoms with Crippen LogP contribution >= 0.6 is 0 Å². The van der Waals surface area contributed by atoms with Crippen LogP contribution in [0.3, 0.4) is 0 Å². The Labute approximate surface area is 107 Å². The Bertz CT molecular complexity index is 491. The molecule has 0 saturated heterocycles. The number of nitrogens with one attached hydrogen (secondary N) is 1. The fourth-order valence-electron chi connectivity index (χ4n) is 1.86. The zero-order chi connectivity index (χ0) is 13.0. The molecule has 0 aliphatic carbocycles. The van der Waals surface area contributed by atoms with Crippen molar-refractivity contribution in [2.75, 3.05) is 12.4 Å². The first-order valence-corrected chi connectivity index (χ1v) is 5.99. The molecule has 0 spiro atoms. The highest BCUT2D eigenvalue weighted by Gasteiger charge is 2.08. The molecule has 0 fully saturated rings. The molecule has 0 saturated carbocycles. The molecule has 0 radical (unpaired) electrons. The van der Waals surface area contributed by atoms with Gasteiger partial charge in [0.1, 0.15) is 17.7 Å². The quantitative estimate of drug-likeness (QED) is 0.880. The van der Waals surface area contributed by atoms with Crippen molar-refractivity contribution in [3.8, 4) is 5.75 Å². The summed E-state index contributed by atoms with van der Waals surface area (Å²) < 4.78 is 10.0. The second-order valence-corrected chi connectivity index (χ2v) is 4.41. The lowest BCUT2D eigenvalue weighted by atomic mass is 10.1. The van der Waals surface area contributed by atoms with Crippen LogP contribution in [-0.4, -0.2) is 18.3 Å². The van der Waals surface area contributed by atoms with Gasteiger partial charge in [0.25, 0.3) is 0 Å². The van der Waals surface area contributed by atoms with Crippen LogP contribution in [0.25, 0.3) is 0 Å². The molecule has 4 nitrogen and oxygen atoms in total. The van der Waals surface area contributed by atoms with Crippen LogP contribution in [0.15, 0.2) is 35.1 Å². The topological polar surface area (TPSA) is 47.3 Å². The lowest BCUT2D eigenvalue weighted by molar-refractivity contribution is 0.414. The van der Waals surface area contributed by atoms with E-state index in [9.17, 15) is 0 Å². The summed E-state index contributed by atoms with van der Waals surface area (Å²) in [5, 5.41) is 7.23. The molecule has 1 atom stereocenters. The summed E-state index contributed by atoms with van der Waals surface area (Å²) in [6, 6.07) is 8.44. The van der Waals surface area contributed by atoms with Crippen molar-refractivity contribution < 1.29 is 9.26 Å². The standard InChI is InChI=1S/C14H18N2O2/c1-10(15-14-9-18-16-11(14)2)8-12-4-6-13(17-3)7-5-12/h4-7,9-10,15H,8H2,1-3H3. The van der Waals surface area contributed by atoms with Crippen molar-refractivity contribution in [3.05, 3.63) is 41.8 Å². The van der Waals surface area contributed by atoms with Crippen molar-refractivity contribution in [2.45, 2.75) is 26.3 Å². The molecule has 1 N–H and O–H groups in total. The first-order valence-electron chi connectivity index (χ1n) is 5.99. The molecule has 2 rings (SSSR count). The van der Waals surface area contributed by atoms with E-state index in [1.54, 1.807) is 13.4 Å². The summed E-state index contributed by atoms with van der Waals surface area (Å²) in [4.78, 5) is 0. The van der Waals surface area contributed by atoms with Crippen molar-refractivity contribution in [2.24, 2.45) is 0 Å². The maximum Gasteiger partial charge on any atom is 0.147 e. The number of rotatable bonds is 5.